The molecule has 5 heteroatoms. The topological polar surface area (TPSA) is 50.9 Å². The summed E-state index contributed by atoms with van der Waals surface area (Å²) in [5, 5.41) is 0. The van der Waals surface area contributed by atoms with Gasteiger partial charge in [-0.25, -0.2) is 0 Å². The molecular formula is C14H30IN3O. The predicted molar refractivity (Wildman–Crippen MR) is 92.2 cm³/mol. The highest BCUT2D eigenvalue weighted by Gasteiger charge is 2.14. The van der Waals surface area contributed by atoms with E-state index in [1.807, 2.05) is 6.92 Å². The van der Waals surface area contributed by atoms with Crippen LogP contribution in [-0.2, 0) is 4.74 Å². The molecular weight excluding hydrogens is 353 g/mol. The Balaban J connectivity index is 0.00000324. The highest BCUT2D eigenvalue weighted by molar-refractivity contribution is 14.0. The molecule has 114 valence electrons. The first-order valence-electron chi connectivity index (χ1n) is 7.31. The van der Waals surface area contributed by atoms with Crippen LogP contribution in [-0.4, -0.2) is 43.2 Å². The minimum absolute atomic E-state index is 0. The van der Waals surface area contributed by atoms with E-state index in [-0.39, 0.29) is 24.0 Å². The molecule has 0 aromatic heterocycles. The molecule has 0 aromatic rings. The molecule has 0 aliphatic carbocycles. The van der Waals surface area contributed by atoms with E-state index >= 15 is 0 Å². The number of likely N-dealkylation sites (tertiary alicyclic amines) is 1. The highest BCUT2D eigenvalue weighted by Crippen LogP contribution is 2.11. The molecule has 1 atom stereocenters. The smallest absolute Gasteiger partial charge is 0.191 e. The third-order valence-corrected chi connectivity index (χ3v) is 3.49. The van der Waals surface area contributed by atoms with E-state index in [2.05, 4.69) is 23.7 Å². The molecule has 1 aliphatic rings. The van der Waals surface area contributed by atoms with Crippen LogP contribution in [0.5, 0.6) is 0 Å². The zero-order chi connectivity index (χ0) is 13.4. The monoisotopic (exact) mass is 383 g/mol. The van der Waals surface area contributed by atoms with Crippen molar-refractivity contribution in [2.75, 3.05) is 26.2 Å². The first kappa shape index (κ1) is 19.0. The molecule has 1 fully saturated rings. The van der Waals surface area contributed by atoms with Gasteiger partial charge in [0, 0.05) is 26.2 Å². The van der Waals surface area contributed by atoms with Crippen LogP contribution >= 0.6 is 24.0 Å². The number of nitrogens with zero attached hydrogens (tertiary/aromatic N) is 2. The Kier molecular flexibility index (Phi) is 10.7. The van der Waals surface area contributed by atoms with Crippen molar-refractivity contribution in [1.29, 1.82) is 0 Å². The van der Waals surface area contributed by atoms with Gasteiger partial charge in [-0.2, -0.15) is 0 Å². The fourth-order valence-electron chi connectivity index (χ4n) is 2.35. The maximum Gasteiger partial charge on any atom is 0.191 e. The molecule has 1 saturated heterocycles. The number of aliphatic imine (C=N–C) groups is 1. The third-order valence-electron chi connectivity index (χ3n) is 3.49. The van der Waals surface area contributed by atoms with Crippen LogP contribution in [0.3, 0.4) is 0 Å². The Bertz CT molecular complexity index is 253. The Hall–Kier alpha value is -0.0400. The Morgan fingerprint density at radius 2 is 1.89 bits per heavy atom. The van der Waals surface area contributed by atoms with E-state index in [4.69, 9.17) is 10.5 Å². The van der Waals surface area contributed by atoms with Gasteiger partial charge in [0.15, 0.2) is 5.96 Å². The largest absolute Gasteiger partial charge is 0.378 e. The van der Waals surface area contributed by atoms with E-state index in [1.165, 1.54) is 19.3 Å². The average Bonchev–Trinajstić information content (AvgIpc) is 2.38. The molecule has 0 saturated carbocycles. The van der Waals surface area contributed by atoms with Gasteiger partial charge < -0.3 is 15.4 Å². The van der Waals surface area contributed by atoms with Gasteiger partial charge in [0.2, 0.25) is 0 Å². The minimum Gasteiger partial charge on any atom is -0.378 e. The molecule has 0 aromatic carbocycles. The van der Waals surface area contributed by atoms with Crippen molar-refractivity contribution in [2.24, 2.45) is 16.6 Å². The lowest BCUT2D eigenvalue weighted by atomic mass is 10.0. The molecule has 1 rings (SSSR count). The summed E-state index contributed by atoms with van der Waals surface area (Å²) in [6, 6.07) is 0. The Morgan fingerprint density at radius 3 is 2.42 bits per heavy atom. The summed E-state index contributed by atoms with van der Waals surface area (Å²) in [5.41, 5.74) is 6.02. The summed E-state index contributed by atoms with van der Waals surface area (Å²) in [6.07, 6.45) is 5.06. The number of rotatable bonds is 6. The van der Waals surface area contributed by atoms with Gasteiger partial charge in [-0.15, -0.1) is 24.0 Å². The number of guanidine groups is 1. The standard InChI is InChI=1S/C14H29N3O.HI/c1-4-18-13(12(2)3)8-9-16-14(15)17-10-6-5-7-11-17;/h12-13H,4-11H2,1-3H3,(H2,15,16);1H. The van der Waals surface area contributed by atoms with Crippen molar-refractivity contribution < 1.29 is 4.74 Å². The van der Waals surface area contributed by atoms with Crippen LogP contribution in [0.4, 0.5) is 0 Å². The molecule has 0 bridgehead atoms. The summed E-state index contributed by atoms with van der Waals surface area (Å²) in [4.78, 5) is 6.70. The lowest BCUT2D eigenvalue weighted by Crippen LogP contribution is -2.41. The fraction of sp³-hybridized carbons (Fsp3) is 0.929. The number of hydrogen-bond acceptors (Lipinski definition) is 2. The van der Waals surface area contributed by atoms with E-state index in [1.54, 1.807) is 0 Å². The quantitative estimate of drug-likeness (QED) is 0.436. The van der Waals surface area contributed by atoms with E-state index < -0.39 is 0 Å². The first-order chi connectivity index (χ1) is 8.65. The van der Waals surface area contributed by atoms with Crippen LogP contribution in [0.15, 0.2) is 4.99 Å². The van der Waals surface area contributed by atoms with E-state index in [0.717, 1.165) is 32.7 Å². The van der Waals surface area contributed by atoms with Gasteiger partial charge in [-0.05, 0) is 38.5 Å². The average molecular weight is 383 g/mol. The number of halogens is 1. The summed E-state index contributed by atoms with van der Waals surface area (Å²) in [6.45, 7) is 10.1. The summed E-state index contributed by atoms with van der Waals surface area (Å²) >= 11 is 0. The van der Waals surface area contributed by atoms with Gasteiger partial charge in [-0.3, -0.25) is 4.99 Å². The molecule has 1 aliphatic heterocycles. The van der Waals surface area contributed by atoms with Gasteiger partial charge in [0.1, 0.15) is 0 Å². The van der Waals surface area contributed by atoms with Gasteiger partial charge in [0.05, 0.1) is 6.10 Å². The lowest BCUT2D eigenvalue weighted by Gasteiger charge is -2.27. The SMILES string of the molecule is CCOC(CCN=C(N)N1CCCCC1)C(C)C.I. The zero-order valence-corrected chi connectivity index (χ0v) is 14.9. The number of nitrogens with two attached hydrogens (primary N) is 1. The van der Waals surface area contributed by atoms with Crippen LogP contribution in [0, 0.1) is 5.92 Å². The normalized spacial score (nSPS) is 18.3. The molecule has 0 amide bonds. The molecule has 1 heterocycles. The van der Waals surface area contributed by atoms with Crippen molar-refractivity contribution in [2.45, 2.75) is 52.6 Å². The molecule has 4 nitrogen and oxygen atoms in total. The van der Waals surface area contributed by atoms with Crippen molar-refractivity contribution in [3.05, 3.63) is 0 Å². The van der Waals surface area contributed by atoms with E-state index in [0.29, 0.717) is 18.0 Å². The van der Waals surface area contributed by atoms with Gasteiger partial charge in [-0.1, -0.05) is 13.8 Å². The summed E-state index contributed by atoms with van der Waals surface area (Å²) < 4.78 is 5.71. The number of piperidine rings is 1. The summed E-state index contributed by atoms with van der Waals surface area (Å²) in [5.74, 6) is 1.25. The zero-order valence-electron chi connectivity index (χ0n) is 12.6. The molecule has 19 heavy (non-hydrogen) atoms. The molecule has 0 radical (unpaired) electrons. The van der Waals surface area contributed by atoms with E-state index in [9.17, 15) is 0 Å². The Morgan fingerprint density at radius 1 is 1.26 bits per heavy atom. The maximum atomic E-state index is 6.02. The predicted octanol–water partition coefficient (Wildman–Crippen LogP) is 2.86. The number of ether oxygens (including phenoxy) is 1. The Labute approximate surface area is 135 Å². The highest BCUT2D eigenvalue weighted by atomic mass is 127. The van der Waals surface area contributed by atoms with Crippen molar-refractivity contribution >= 4 is 29.9 Å². The first-order valence-corrected chi connectivity index (χ1v) is 7.31. The van der Waals surface area contributed by atoms with Crippen LogP contribution < -0.4 is 5.73 Å². The number of hydrogen-bond donors (Lipinski definition) is 1. The second-order valence-corrected chi connectivity index (χ2v) is 5.31. The van der Waals surface area contributed by atoms with Crippen molar-refractivity contribution in [1.82, 2.24) is 4.90 Å². The molecule has 1 unspecified atom stereocenters. The lowest BCUT2D eigenvalue weighted by molar-refractivity contribution is 0.0266. The van der Waals surface area contributed by atoms with Crippen LogP contribution in [0.1, 0.15) is 46.5 Å². The second kappa shape index (κ2) is 10.7. The van der Waals surface area contributed by atoms with Gasteiger partial charge >= 0.3 is 0 Å². The van der Waals surface area contributed by atoms with Gasteiger partial charge in [0.25, 0.3) is 0 Å². The van der Waals surface area contributed by atoms with Crippen LogP contribution in [0.25, 0.3) is 0 Å². The minimum atomic E-state index is 0. The molecule has 2 N–H and O–H groups in total. The van der Waals surface area contributed by atoms with Crippen molar-refractivity contribution in [3.8, 4) is 0 Å². The maximum absolute atomic E-state index is 6.02. The third kappa shape index (κ3) is 7.34. The fourth-order valence-corrected chi connectivity index (χ4v) is 2.35. The second-order valence-electron chi connectivity index (χ2n) is 5.31. The molecule has 0 spiro atoms. The van der Waals surface area contributed by atoms with Crippen LogP contribution in [0.2, 0.25) is 0 Å². The summed E-state index contributed by atoms with van der Waals surface area (Å²) in [7, 11) is 0. The van der Waals surface area contributed by atoms with Crippen molar-refractivity contribution in [3.63, 3.8) is 0 Å².